The van der Waals surface area contributed by atoms with Crippen molar-refractivity contribution in [3.63, 3.8) is 0 Å². The minimum atomic E-state index is 0.456. The highest BCUT2D eigenvalue weighted by Gasteiger charge is 2.26. The van der Waals surface area contributed by atoms with E-state index >= 15 is 0 Å². The lowest BCUT2D eigenvalue weighted by Crippen LogP contribution is -2.43. The molecule has 0 saturated carbocycles. The summed E-state index contributed by atoms with van der Waals surface area (Å²) >= 11 is 2.11. The van der Waals surface area contributed by atoms with Gasteiger partial charge in [0.1, 0.15) is 0 Å². The van der Waals surface area contributed by atoms with Crippen LogP contribution in [-0.4, -0.2) is 41.6 Å². The van der Waals surface area contributed by atoms with Gasteiger partial charge in [-0.05, 0) is 45.7 Å². The average Bonchev–Trinajstić information content (AvgIpc) is 2.16. The van der Waals surface area contributed by atoms with Gasteiger partial charge in [-0.2, -0.15) is 11.8 Å². The van der Waals surface area contributed by atoms with Gasteiger partial charge in [0.15, 0.2) is 0 Å². The summed E-state index contributed by atoms with van der Waals surface area (Å²) in [4.78, 5) is 2.61. The molecule has 0 amide bonds. The van der Waals surface area contributed by atoms with E-state index in [9.17, 15) is 0 Å². The number of thioether (sulfide) groups is 1. The molecule has 90 valence electrons. The molecule has 15 heavy (non-hydrogen) atoms. The molecule has 0 aromatic carbocycles. The maximum Gasteiger partial charge on any atom is 0.0231 e. The summed E-state index contributed by atoms with van der Waals surface area (Å²) in [6.45, 7) is 11.6. The lowest BCUT2D eigenvalue weighted by atomic mass is 10.1. The Morgan fingerprint density at radius 2 is 2.20 bits per heavy atom. The highest BCUT2D eigenvalue weighted by molar-refractivity contribution is 8.00. The van der Waals surface area contributed by atoms with Crippen molar-refractivity contribution >= 4 is 11.8 Å². The third kappa shape index (κ3) is 5.23. The molecule has 1 unspecified atom stereocenters. The van der Waals surface area contributed by atoms with E-state index in [-0.39, 0.29) is 0 Å². The minimum absolute atomic E-state index is 0.456. The van der Waals surface area contributed by atoms with Crippen LogP contribution in [0.1, 0.15) is 33.6 Å². The second kappa shape index (κ2) is 6.12. The Hall–Kier alpha value is 0.270. The Bertz CT molecular complexity index is 182. The Morgan fingerprint density at radius 3 is 2.80 bits per heavy atom. The molecule has 1 rings (SSSR count). The Kier molecular flexibility index (Phi) is 5.44. The van der Waals surface area contributed by atoms with Crippen molar-refractivity contribution in [2.24, 2.45) is 11.7 Å². The third-order valence-corrected chi connectivity index (χ3v) is 4.38. The first-order chi connectivity index (χ1) is 7.03. The number of rotatable bonds is 5. The lowest BCUT2D eigenvalue weighted by Gasteiger charge is -2.37. The summed E-state index contributed by atoms with van der Waals surface area (Å²) in [7, 11) is 0. The standard InChI is InChI=1S/C12H26N2S/c1-11(9-13)5-4-6-14-7-8-15-12(2,3)10-14/h11H,4-10,13H2,1-3H3. The van der Waals surface area contributed by atoms with E-state index in [1.54, 1.807) is 0 Å². The molecule has 0 bridgehead atoms. The van der Waals surface area contributed by atoms with Crippen molar-refractivity contribution in [1.82, 2.24) is 4.90 Å². The lowest BCUT2D eigenvalue weighted by molar-refractivity contribution is 0.250. The third-order valence-electron chi connectivity index (χ3n) is 3.08. The van der Waals surface area contributed by atoms with Crippen LogP contribution in [-0.2, 0) is 0 Å². The van der Waals surface area contributed by atoms with Gasteiger partial charge in [-0.1, -0.05) is 6.92 Å². The molecule has 2 N–H and O–H groups in total. The predicted octanol–water partition coefficient (Wildman–Crippen LogP) is 2.19. The monoisotopic (exact) mass is 230 g/mol. The fourth-order valence-electron chi connectivity index (χ4n) is 2.09. The highest BCUT2D eigenvalue weighted by atomic mass is 32.2. The van der Waals surface area contributed by atoms with E-state index in [1.807, 2.05) is 0 Å². The quantitative estimate of drug-likeness (QED) is 0.785. The Morgan fingerprint density at radius 1 is 1.47 bits per heavy atom. The zero-order chi connectivity index (χ0) is 11.3. The van der Waals surface area contributed by atoms with Crippen molar-refractivity contribution in [1.29, 1.82) is 0 Å². The molecular weight excluding hydrogens is 204 g/mol. The molecule has 2 nitrogen and oxygen atoms in total. The average molecular weight is 230 g/mol. The van der Waals surface area contributed by atoms with Gasteiger partial charge in [-0.3, -0.25) is 0 Å². The summed E-state index contributed by atoms with van der Waals surface area (Å²) in [5.74, 6) is 1.98. The summed E-state index contributed by atoms with van der Waals surface area (Å²) in [5, 5.41) is 0. The summed E-state index contributed by atoms with van der Waals surface area (Å²) < 4.78 is 0.456. The molecule has 1 aliphatic rings. The van der Waals surface area contributed by atoms with Crippen molar-refractivity contribution in [2.75, 3.05) is 31.9 Å². The molecule has 0 radical (unpaired) electrons. The topological polar surface area (TPSA) is 29.3 Å². The van der Waals surface area contributed by atoms with E-state index in [0.29, 0.717) is 10.7 Å². The molecule has 1 fully saturated rings. The smallest absolute Gasteiger partial charge is 0.0231 e. The molecule has 3 heteroatoms. The number of hydrogen-bond donors (Lipinski definition) is 1. The van der Waals surface area contributed by atoms with E-state index in [2.05, 4.69) is 37.4 Å². The molecule has 0 aromatic heterocycles. The second-order valence-electron chi connectivity index (χ2n) is 5.37. The van der Waals surface area contributed by atoms with Gasteiger partial charge in [0.05, 0.1) is 0 Å². The molecule has 0 spiro atoms. The molecule has 1 atom stereocenters. The molecule has 0 aromatic rings. The van der Waals surface area contributed by atoms with Crippen LogP contribution in [0.4, 0.5) is 0 Å². The minimum Gasteiger partial charge on any atom is -0.330 e. The van der Waals surface area contributed by atoms with Gasteiger partial charge < -0.3 is 10.6 Å². The maximum atomic E-state index is 5.62. The predicted molar refractivity (Wildman–Crippen MR) is 70.4 cm³/mol. The van der Waals surface area contributed by atoms with Crippen LogP contribution in [0.3, 0.4) is 0 Å². The van der Waals surface area contributed by atoms with Crippen LogP contribution < -0.4 is 5.73 Å². The van der Waals surface area contributed by atoms with Crippen molar-refractivity contribution in [3.05, 3.63) is 0 Å². The highest BCUT2D eigenvalue weighted by Crippen LogP contribution is 2.29. The van der Waals surface area contributed by atoms with Gasteiger partial charge in [0, 0.05) is 23.6 Å². The molecule has 1 saturated heterocycles. The normalized spacial score (nSPS) is 24.0. The largest absolute Gasteiger partial charge is 0.330 e. The van der Waals surface area contributed by atoms with E-state index < -0.39 is 0 Å². The van der Waals surface area contributed by atoms with Crippen molar-refractivity contribution in [2.45, 2.75) is 38.4 Å². The fraction of sp³-hybridized carbons (Fsp3) is 1.00. The van der Waals surface area contributed by atoms with Gasteiger partial charge in [0.25, 0.3) is 0 Å². The zero-order valence-electron chi connectivity index (χ0n) is 10.5. The van der Waals surface area contributed by atoms with Crippen LogP contribution in [0.15, 0.2) is 0 Å². The Labute approximate surface area is 99.0 Å². The van der Waals surface area contributed by atoms with Gasteiger partial charge >= 0.3 is 0 Å². The van der Waals surface area contributed by atoms with E-state index in [0.717, 1.165) is 6.54 Å². The van der Waals surface area contributed by atoms with Crippen LogP contribution in [0.25, 0.3) is 0 Å². The van der Waals surface area contributed by atoms with Crippen molar-refractivity contribution in [3.8, 4) is 0 Å². The summed E-state index contributed by atoms with van der Waals surface area (Å²) in [6.07, 6.45) is 2.58. The molecular formula is C12H26N2S. The maximum absolute atomic E-state index is 5.62. The van der Waals surface area contributed by atoms with Crippen LogP contribution >= 0.6 is 11.8 Å². The molecule has 1 aliphatic heterocycles. The SMILES string of the molecule is CC(CN)CCCN1CCSC(C)(C)C1. The van der Waals surface area contributed by atoms with Gasteiger partial charge in [-0.25, -0.2) is 0 Å². The first kappa shape index (κ1) is 13.3. The van der Waals surface area contributed by atoms with E-state index in [1.165, 1.54) is 38.2 Å². The summed E-state index contributed by atoms with van der Waals surface area (Å²) in [6, 6.07) is 0. The number of nitrogens with zero attached hydrogens (tertiary/aromatic N) is 1. The van der Waals surface area contributed by atoms with Crippen LogP contribution in [0.5, 0.6) is 0 Å². The number of nitrogens with two attached hydrogens (primary N) is 1. The second-order valence-corrected chi connectivity index (χ2v) is 7.17. The van der Waals surface area contributed by atoms with Crippen LogP contribution in [0, 0.1) is 5.92 Å². The fourth-order valence-corrected chi connectivity index (χ4v) is 3.26. The van der Waals surface area contributed by atoms with Crippen molar-refractivity contribution < 1.29 is 0 Å². The summed E-state index contributed by atoms with van der Waals surface area (Å²) in [5.41, 5.74) is 5.62. The first-order valence-electron chi connectivity index (χ1n) is 6.10. The van der Waals surface area contributed by atoms with Gasteiger partial charge in [-0.15, -0.1) is 0 Å². The van der Waals surface area contributed by atoms with Gasteiger partial charge in [0.2, 0.25) is 0 Å². The first-order valence-corrected chi connectivity index (χ1v) is 7.08. The number of hydrogen-bond acceptors (Lipinski definition) is 3. The molecule has 0 aliphatic carbocycles. The zero-order valence-corrected chi connectivity index (χ0v) is 11.3. The van der Waals surface area contributed by atoms with E-state index in [4.69, 9.17) is 5.73 Å². The van der Waals surface area contributed by atoms with Crippen LogP contribution in [0.2, 0.25) is 0 Å². The Balaban J connectivity index is 2.16. The molecule has 1 heterocycles.